The van der Waals surface area contributed by atoms with Gasteiger partial charge in [-0.15, -0.1) is 0 Å². The van der Waals surface area contributed by atoms with Crippen molar-refractivity contribution in [3.05, 3.63) is 53.9 Å². The van der Waals surface area contributed by atoms with Crippen LogP contribution in [0.4, 0.5) is 5.69 Å². The number of nitrogens with zero attached hydrogens (tertiary/aromatic N) is 1. The van der Waals surface area contributed by atoms with Crippen LogP contribution in [0.15, 0.2) is 42.5 Å². The van der Waals surface area contributed by atoms with Gasteiger partial charge in [-0.2, -0.15) is 0 Å². The van der Waals surface area contributed by atoms with Crippen molar-refractivity contribution in [1.82, 2.24) is 10.3 Å². The van der Waals surface area contributed by atoms with Crippen LogP contribution in [0, 0.1) is 12.8 Å². The third-order valence-corrected chi connectivity index (χ3v) is 3.68. The Hall–Kier alpha value is -2.07. The molecule has 3 N–H and O–H groups in total. The maximum atomic E-state index is 9.83. The van der Waals surface area contributed by atoms with E-state index < -0.39 is 0 Å². The van der Waals surface area contributed by atoms with E-state index in [4.69, 9.17) is 0 Å². The summed E-state index contributed by atoms with van der Waals surface area (Å²) in [6.45, 7) is 7.70. The highest BCUT2D eigenvalue weighted by atomic mass is 16.3. The molecule has 0 unspecified atom stereocenters. The number of nitrogens with one attached hydrogen (secondary N) is 2. The molecule has 0 saturated heterocycles. The van der Waals surface area contributed by atoms with Gasteiger partial charge in [0.2, 0.25) is 0 Å². The van der Waals surface area contributed by atoms with Crippen molar-refractivity contribution in [1.29, 1.82) is 0 Å². The van der Waals surface area contributed by atoms with E-state index in [0.717, 1.165) is 17.9 Å². The van der Waals surface area contributed by atoms with E-state index in [0.29, 0.717) is 24.2 Å². The molecule has 118 valence electrons. The highest BCUT2D eigenvalue weighted by molar-refractivity contribution is 5.43. The van der Waals surface area contributed by atoms with E-state index in [9.17, 15) is 5.11 Å². The molecule has 1 aromatic heterocycles. The predicted octanol–water partition coefficient (Wildman–Crippen LogP) is 3.32. The molecule has 2 aromatic rings. The van der Waals surface area contributed by atoms with Gasteiger partial charge in [0.1, 0.15) is 5.75 Å². The molecule has 1 aromatic carbocycles. The minimum atomic E-state index is 0.246. The standard InChI is InChI=1S/C18H25N3O/c1-13(2)16(21-15-7-5-4-6-8-15)11-19-12-17-18(22)10-9-14(3)20-17/h4-10,13,16,19,21-22H,11-12H2,1-3H3/t16-/m0/s1. The lowest BCUT2D eigenvalue weighted by atomic mass is 10.0. The summed E-state index contributed by atoms with van der Waals surface area (Å²) in [4.78, 5) is 4.37. The van der Waals surface area contributed by atoms with Gasteiger partial charge in [0.25, 0.3) is 0 Å². The van der Waals surface area contributed by atoms with Gasteiger partial charge in [-0.3, -0.25) is 4.98 Å². The van der Waals surface area contributed by atoms with Crippen LogP contribution in [0.25, 0.3) is 0 Å². The Morgan fingerprint density at radius 1 is 1.09 bits per heavy atom. The van der Waals surface area contributed by atoms with Crippen molar-refractivity contribution in [2.24, 2.45) is 5.92 Å². The summed E-state index contributed by atoms with van der Waals surface area (Å²) in [7, 11) is 0. The summed E-state index contributed by atoms with van der Waals surface area (Å²) in [6.07, 6.45) is 0. The molecular formula is C18H25N3O. The molecular weight excluding hydrogens is 274 g/mol. The second kappa shape index (κ2) is 7.80. The largest absolute Gasteiger partial charge is 0.506 e. The first-order valence-electron chi connectivity index (χ1n) is 7.74. The molecule has 22 heavy (non-hydrogen) atoms. The van der Waals surface area contributed by atoms with Crippen LogP contribution >= 0.6 is 0 Å². The number of aromatic hydroxyl groups is 1. The fourth-order valence-electron chi connectivity index (χ4n) is 2.28. The highest BCUT2D eigenvalue weighted by Gasteiger charge is 2.13. The van der Waals surface area contributed by atoms with Crippen molar-refractivity contribution in [2.45, 2.75) is 33.4 Å². The molecule has 0 radical (unpaired) electrons. The van der Waals surface area contributed by atoms with Crippen LogP contribution in [0.3, 0.4) is 0 Å². The van der Waals surface area contributed by atoms with Crippen LogP contribution < -0.4 is 10.6 Å². The molecule has 1 heterocycles. The van der Waals surface area contributed by atoms with Crippen molar-refractivity contribution >= 4 is 5.69 Å². The maximum absolute atomic E-state index is 9.83. The zero-order valence-corrected chi connectivity index (χ0v) is 13.5. The lowest BCUT2D eigenvalue weighted by Gasteiger charge is -2.24. The maximum Gasteiger partial charge on any atom is 0.138 e. The number of anilines is 1. The first kappa shape index (κ1) is 16.3. The normalized spacial score (nSPS) is 12.4. The molecule has 0 spiro atoms. The molecule has 0 aliphatic carbocycles. The van der Waals surface area contributed by atoms with Crippen LogP contribution in [0.1, 0.15) is 25.2 Å². The molecule has 0 fully saturated rings. The minimum Gasteiger partial charge on any atom is -0.506 e. The van der Waals surface area contributed by atoms with E-state index in [2.05, 4.69) is 41.6 Å². The first-order valence-corrected chi connectivity index (χ1v) is 7.74. The molecule has 2 rings (SSSR count). The molecule has 4 nitrogen and oxygen atoms in total. The number of hydrogen-bond donors (Lipinski definition) is 3. The summed E-state index contributed by atoms with van der Waals surface area (Å²) in [5.74, 6) is 0.738. The zero-order chi connectivity index (χ0) is 15.9. The Morgan fingerprint density at radius 2 is 1.82 bits per heavy atom. The lowest BCUT2D eigenvalue weighted by Crippen LogP contribution is -2.36. The first-order chi connectivity index (χ1) is 10.6. The quantitative estimate of drug-likeness (QED) is 0.734. The Balaban J connectivity index is 1.91. The predicted molar refractivity (Wildman–Crippen MR) is 91.0 cm³/mol. The second-order valence-electron chi connectivity index (χ2n) is 5.91. The van der Waals surface area contributed by atoms with Gasteiger partial charge in [-0.1, -0.05) is 32.0 Å². The summed E-state index contributed by atoms with van der Waals surface area (Å²) in [6, 6.07) is 14.0. The summed E-state index contributed by atoms with van der Waals surface area (Å²) < 4.78 is 0. The molecule has 0 aliphatic heterocycles. The highest BCUT2D eigenvalue weighted by Crippen LogP contribution is 2.15. The Bertz CT molecular complexity index is 584. The monoisotopic (exact) mass is 299 g/mol. The topological polar surface area (TPSA) is 57.2 Å². The summed E-state index contributed by atoms with van der Waals surface area (Å²) in [5.41, 5.74) is 2.74. The fraction of sp³-hybridized carbons (Fsp3) is 0.389. The Labute approximate surface area is 132 Å². The minimum absolute atomic E-state index is 0.246. The van der Waals surface area contributed by atoms with Gasteiger partial charge in [0.15, 0.2) is 0 Å². The van der Waals surface area contributed by atoms with E-state index in [1.54, 1.807) is 6.07 Å². The van der Waals surface area contributed by atoms with E-state index in [1.165, 1.54) is 0 Å². The molecule has 4 heteroatoms. The SMILES string of the molecule is Cc1ccc(O)c(CNC[C@H](Nc2ccccc2)C(C)C)n1. The third-order valence-electron chi connectivity index (χ3n) is 3.68. The van der Waals surface area contributed by atoms with E-state index >= 15 is 0 Å². The van der Waals surface area contributed by atoms with Crippen molar-refractivity contribution in [3.8, 4) is 5.75 Å². The summed E-state index contributed by atoms with van der Waals surface area (Å²) >= 11 is 0. The number of benzene rings is 1. The lowest BCUT2D eigenvalue weighted by molar-refractivity contribution is 0.449. The number of rotatable bonds is 7. The van der Waals surface area contributed by atoms with Gasteiger partial charge in [0.05, 0.1) is 5.69 Å². The van der Waals surface area contributed by atoms with Gasteiger partial charge in [0, 0.05) is 30.5 Å². The number of para-hydroxylation sites is 1. The molecule has 0 saturated carbocycles. The van der Waals surface area contributed by atoms with Crippen LogP contribution in [-0.4, -0.2) is 22.7 Å². The van der Waals surface area contributed by atoms with Crippen molar-refractivity contribution in [2.75, 3.05) is 11.9 Å². The van der Waals surface area contributed by atoms with Crippen molar-refractivity contribution in [3.63, 3.8) is 0 Å². The number of aryl methyl sites for hydroxylation is 1. The van der Waals surface area contributed by atoms with Gasteiger partial charge in [-0.25, -0.2) is 0 Å². The third kappa shape index (κ3) is 4.74. The van der Waals surface area contributed by atoms with Crippen molar-refractivity contribution < 1.29 is 5.11 Å². The molecule has 1 atom stereocenters. The van der Waals surface area contributed by atoms with Gasteiger partial charge < -0.3 is 15.7 Å². The Morgan fingerprint density at radius 3 is 2.50 bits per heavy atom. The van der Waals surface area contributed by atoms with Crippen LogP contribution in [0.5, 0.6) is 5.75 Å². The zero-order valence-electron chi connectivity index (χ0n) is 13.5. The summed E-state index contributed by atoms with van der Waals surface area (Å²) in [5, 5.41) is 16.8. The average Bonchev–Trinajstić information content (AvgIpc) is 2.50. The Kier molecular flexibility index (Phi) is 5.78. The van der Waals surface area contributed by atoms with E-state index in [1.807, 2.05) is 31.2 Å². The average molecular weight is 299 g/mol. The second-order valence-corrected chi connectivity index (χ2v) is 5.91. The fourth-order valence-corrected chi connectivity index (χ4v) is 2.28. The molecule has 0 amide bonds. The van der Waals surface area contributed by atoms with Gasteiger partial charge >= 0.3 is 0 Å². The smallest absolute Gasteiger partial charge is 0.138 e. The van der Waals surface area contributed by atoms with Crippen LogP contribution in [0.2, 0.25) is 0 Å². The number of hydrogen-bond acceptors (Lipinski definition) is 4. The van der Waals surface area contributed by atoms with Crippen LogP contribution in [-0.2, 0) is 6.54 Å². The number of pyridine rings is 1. The van der Waals surface area contributed by atoms with Gasteiger partial charge in [-0.05, 0) is 37.1 Å². The van der Waals surface area contributed by atoms with E-state index in [-0.39, 0.29) is 5.75 Å². The molecule has 0 bridgehead atoms. The number of aromatic nitrogens is 1. The molecule has 0 aliphatic rings.